The largest absolute Gasteiger partial charge is 0.478 e. The van der Waals surface area contributed by atoms with Gasteiger partial charge in [0.15, 0.2) is 9.84 Å². The van der Waals surface area contributed by atoms with Gasteiger partial charge in [0.1, 0.15) is 0 Å². The minimum Gasteiger partial charge on any atom is -0.478 e. The van der Waals surface area contributed by atoms with Crippen molar-refractivity contribution < 1.29 is 23.2 Å². The number of aromatic carboxylic acids is 1. The highest BCUT2D eigenvalue weighted by atomic mass is 32.2. The van der Waals surface area contributed by atoms with E-state index in [1.54, 1.807) is 0 Å². The molecule has 1 aromatic rings. The van der Waals surface area contributed by atoms with E-state index < -0.39 is 26.8 Å². The second-order valence-corrected chi connectivity index (χ2v) is 6.77. The van der Waals surface area contributed by atoms with Gasteiger partial charge in [-0.3, -0.25) is 10.1 Å². The minimum absolute atomic E-state index is 0.0298. The lowest BCUT2D eigenvalue weighted by atomic mass is 10.1. The Kier molecular flexibility index (Phi) is 3.62. The molecule has 0 bridgehead atoms. The fourth-order valence-electron chi connectivity index (χ4n) is 2.08. The number of nitro benzene ring substituents is 1. The Morgan fingerprint density at radius 3 is 2.65 bits per heavy atom. The first-order valence-electron chi connectivity index (χ1n) is 5.77. The lowest BCUT2D eigenvalue weighted by Crippen LogP contribution is -2.22. The number of sulfone groups is 1. The summed E-state index contributed by atoms with van der Waals surface area (Å²) in [5, 5.41) is 22.5. The molecule has 1 heterocycles. The van der Waals surface area contributed by atoms with Crippen molar-refractivity contribution >= 4 is 27.2 Å². The van der Waals surface area contributed by atoms with Crippen LogP contribution in [0.25, 0.3) is 0 Å². The molecule has 1 atom stereocenters. The molecule has 1 aliphatic heterocycles. The van der Waals surface area contributed by atoms with Crippen LogP contribution >= 0.6 is 0 Å². The Balaban J connectivity index is 2.31. The normalized spacial score (nSPS) is 20.5. The standard InChI is InChI=1S/C11H12N2O6S/c14-11(15)9-2-1-8(13(16)17)5-10(9)12-7-3-4-20(18,19)6-7/h1-2,5,7,12H,3-4,6H2,(H,14,15). The predicted molar refractivity (Wildman–Crippen MR) is 70.7 cm³/mol. The predicted octanol–water partition coefficient (Wildman–Crippen LogP) is 0.892. The summed E-state index contributed by atoms with van der Waals surface area (Å²) in [4.78, 5) is 21.1. The number of carboxylic acids is 1. The van der Waals surface area contributed by atoms with Crippen molar-refractivity contribution in [1.82, 2.24) is 0 Å². The van der Waals surface area contributed by atoms with Crippen LogP contribution in [0.4, 0.5) is 11.4 Å². The molecule has 0 saturated carbocycles. The Labute approximate surface area is 114 Å². The summed E-state index contributed by atoms with van der Waals surface area (Å²) in [6.45, 7) is 0. The Morgan fingerprint density at radius 2 is 2.15 bits per heavy atom. The van der Waals surface area contributed by atoms with Crippen LogP contribution in [0.5, 0.6) is 0 Å². The van der Waals surface area contributed by atoms with E-state index in [0.29, 0.717) is 6.42 Å². The third-order valence-electron chi connectivity index (χ3n) is 3.04. The van der Waals surface area contributed by atoms with E-state index in [1.807, 2.05) is 0 Å². The number of rotatable bonds is 4. The van der Waals surface area contributed by atoms with Gasteiger partial charge in [-0.25, -0.2) is 13.2 Å². The number of hydrogen-bond acceptors (Lipinski definition) is 6. The van der Waals surface area contributed by atoms with Gasteiger partial charge in [-0.1, -0.05) is 0 Å². The van der Waals surface area contributed by atoms with Gasteiger partial charge in [-0.15, -0.1) is 0 Å². The van der Waals surface area contributed by atoms with E-state index in [1.165, 1.54) is 0 Å². The molecule has 1 fully saturated rings. The van der Waals surface area contributed by atoms with E-state index in [4.69, 9.17) is 5.11 Å². The first kappa shape index (κ1) is 14.3. The highest BCUT2D eigenvalue weighted by Gasteiger charge is 2.29. The molecule has 0 amide bonds. The summed E-state index contributed by atoms with van der Waals surface area (Å²) in [5.74, 6) is -1.31. The Hall–Kier alpha value is -2.16. The maximum atomic E-state index is 11.4. The zero-order valence-corrected chi connectivity index (χ0v) is 11.1. The van der Waals surface area contributed by atoms with Gasteiger partial charge < -0.3 is 10.4 Å². The second-order valence-electron chi connectivity index (χ2n) is 4.54. The average Bonchev–Trinajstić information content (AvgIpc) is 2.68. The topological polar surface area (TPSA) is 127 Å². The lowest BCUT2D eigenvalue weighted by Gasteiger charge is -2.14. The molecule has 1 unspecified atom stereocenters. The zero-order chi connectivity index (χ0) is 14.9. The van der Waals surface area contributed by atoms with E-state index in [2.05, 4.69) is 5.32 Å². The Bertz CT molecular complexity index is 669. The maximum absolute atomic E-state index is 11.4. The third kappa shape index (κ3) is 3.05. The van der Waals surface area contributed by atoms with Crippen LogP contribution in [0.2, 0.25) is 0 Å². The monoisotopic (exact) mass is 300 g/mol. The summed E-state index contributed by atoms with van der Waals surface area (Å²) >= 11 is 0. The van der Waals surface area contributed by atoms with Gasteiger partial charge in [-0.2, -0.15) is 0 Å². The first-order valence-corrected chi connectivity index (χ1v) is 7.59. The molecule has 1 aromatic carbocycles. The number of carboxylic acid groups (broad SMARTS) is 1. The molecule has 0 spiro atoms. The van der Waals surface area contributed by atoms with Gasteiger partial charge in [-0.05, 0) is 12.5 Å². The third-order valence-corrected chi connectivity index (χ3v) is 4.80. The van der Waals surface area contributed by atoms with E-state index in [9.17, 15) is 23.3 Å². The highest BCUT2D eigenvalue weighted by molar-refractivity contribution is 7.91. The van der Waals surface area contributed by atoms with Gasteiger partial charge in [0.05, 0.1) is 27.7 Å². The summed E-state index contributed by atoms with van der Waals surface area (Å²) in [6, 6.07) is 2.90. The summed E-state index contributed by atoms with van der Waals surface area (Å²) in [6.07, 6.45) is 0.351. The molecule has 108 valence electrons. The number of hydrogen-bond donors (Lipinski definition) is 2. The van der Waals surface area contributed by atoms with E-state index in [-0.39, 0.29) is 28.4 Å². The molecular weight excluding hydrogens is 288 g/mol. The zero-order valence-electron chi connectivity index (χ0n) is 10.3. The molecule has 1 saturated heterocycles. The minimum atomic E-state index is -3.12. The highest BCUT2D eigenvalue weighted by Crippen LogP contribution is 2.25. The summed E-state index contributed by atoms with van der Waals surface area (Å²) in [7, 11) is -3.12. The fraction of sp³-hybridized carbons (Fsp3) is 0.364. The van der Waals surface area contributed by atoms with E-state index in [0.717, 1.165) is 18.2 Å². The average molecular weight is 300 g/mol. The number of nitrogens with one attached hydrogen (secondary N) is 1. The number of nitro groups is 1. The van der Waals surface area contributed by atoms with Crippen LogP contribution < -0.4 is 5.32 Å². The van der Waals surface area contributed by atoms with Crippen molar-refractivity contribution in [2.75, 3.05) is 16.8 Å². The molecule has 0 aliphatic carbocycles. The lowest BCUT2D eigenvalue weighted by molar-refractivity contribution is -0.384. The Morgan fingerprint density at radius 1 is 1.45 bits per heavy atom. The number of nitrogens with zero attached hydrogens (tertiary/aromatic N) is 1. The number of non-ortho nitro benzene ring substituents is 1. The van der Waals surface area contributed by atoms with Gasteiger partial charge in [0, 0.05) is 18.2 Å². The second kappa shape index (κ2) is 5.08. The quantitative estimate of drug-likeness (QED) is 0.624. The van der Waals surface area contributed by atoms with Crippen molar-refractivity contribution in [3.63, 3.8) is 0 Å². The number of carbonyl (C=O) groups is 1. The first-order chi connectivity index (χ1) is 9.28. The molecule has 2 N–H and O–H groups in total. The maximum Gasteiger partial charge on any atom is 0.337 e. The van der Waals surface area contributed by atoms with Gasteiger partial charge >= 0.3 is 5.97 Å². The smallest absolute Gasteiger partial charge is 0.337 e. The number of benzene rings is 1. The van der Waals surface area contributed by atoms with Crippen LogP contribution in [0.15, 0.2) is 18.2 Å². The van der Waals surface area contributed by atoms with Crippen LogP contribution in [0.1, 0.15) is 16.8 Å². The van der Waals surface area contributed by atoms with Crippen LogP contribution in [0, 0.1) is 10.1 Å². The SMILES string of the molecule is O=C(O)c1ccc([N+](=O)[O-])cc1NC1CCS(=O)(=O)C1. The summed E-state index contributed by atoms with van der Waals surface area (Å²) in [5.41, 5.74) is -0.313. The summed E-state index contributed by atoms with van der Waals surface area (Å²) < 4.78 is 22.7. The van der Waals surface area contributed by atoms with Gasteiger partial charge in [0.25, 0.3) is 5.69 Å². The van der Waals surface area contributed by atoms with Crippen LogP contribution in [0.3, 0.4) is 0 Å². The number of anilines is 1. The van der Waals surface area contributed by atoms with E-state index >= 15 is 0 Å². The molecule has 0 aromatic heterocycles. The van der Waals surface area contributed by atoms with Crippen LogP contribution in [-0.2, 0) is 9.84 Å². The van der Waals surface area contributed by atoms with Crippen molar-refractivity contribution in [2.24, 2.45) is 0 Å². The fourth-order valence-corrected chi connectivity index (χ4v) is 3.75. The molecular formula is C11H12N2O6S. The van der Waals surface area contributed by atoms with Crippen molar-refractivity contribution in [3.05, 3.63) is 33.9 Å². The molecule has 1 aliphatic rings. The molecule has 8 nitrogen and oxygen atoms in total. The molecule has 20 heavy (non-hydrogen) atoms. The molecule has 2 rings (SSSR count). The van der Waals surface area contributed by atoms with Crippen molar-refractivity contribution in [3.8, 4) is 0 Å². The molecule has 9 heteroatoms. The van der Waals surface area contributed by atoms with Crippen molar-refractivity contribution in [2.45, 2.75) is 12.5 Å². The molecule has 0 radical (unpaired) electrons. The van der Waals surface area contributed by atoms with Crippen molar-refractivity contribution in [1.29, 1.82) is 0 Å². The van der Waals surface area contributed by atoms with Crippen LogP contribution in [-0.4, -0.2) is 42.0 Å². The van der Waals surface area contributed by atoms with Gasteiger partial charge in [0.2, 0.25) is 0 Å².